The fourth-order valence-electron chi connectivity index (χ4n) is 6.45. The fourth-order valence-corrected chi connectivity index (χ4v) is 7.36. The van der Waals surface area contributed by atoms with E-state index >= 15 is 0 Å². The van der Waals surface area contributed by atoms with E-state index in [0.29, 0.717) is 24.8 Å². The maximum absolute atomic E-state index is 14.1. The first-order valence-electron chi connectivity index (χ1n) is 12.1. The first-order valence-corrected chi connectivity index (χ1v) is 13.5. The normalized spacial score (nSPS) is 29.3. The third-order valence-electron chi connectivity index (χ3n) is 8.32. The molecule has 3 aliphatic carbocycles. The van der Waals surface area contributed by atoms with E-state index in [1.165, 1.54) is 13.0 Å². The first kappa shape index (κ1) is 30.4. The molecular weight excluding hydrogens is 587 g/mol. The van der Waals surface area contributed by atoms with Crippen LogP contribution in [0.4, 0.5) is 39.5 Å². The Kier molecular flexibility index (Phi) is 7.03. The molecule has 0 radical (unpaired) electrons. The van der Waals surface area contributed by atoms with Gasteiger partial charge in [0.05, 0.1) is 0 Å². The van der Waals surface area contributed by atoms with Gasteiger partial charge in [0.1, 0.15) is 17.6 Å². The first-order chi connectivity index (χ1) is 18.1. The zero-order valence-corrected chi connectivity index (χ0v) is 21.7. The van der Waals surface area contributed by atoms with Gasteiger partial charge in [-0.05, 0) is 60.8 Å². The van der Waals surface area contributed by atoms with Crippen LogP contribution in [0.3, 0.4) is 0 Å². The average Bonchev–Trinajstić information content (AvgIpc) is 3.10. The lowest BCUT2D eigenvalue weighted by Gasteiger charge is -2.51. The summed E-state index contributed by atoms with van der Waals surface area (Å²) >= 11 is 0. The summed E-state index contributed by atoms with van der Waals surface area (Å²) in [5, 5.41) is -6.98. The number of carbonyl (C=O) groups is 2. The van der Waals surface area contributed by atoms with Crippen molar-refractivity contribution in [2.45, 2.75) is 81.2 Å². The number of Topliss-reactive ketones (excluding diaryl/α,β-unsaturated/α-hetero) is 1. The van der Waals surface area contributed by atoms with Gasteiger partial charge in [-0.15, -0.1) is 0 Å². The molecule has 0 aliphatic heterocycles. The third kappa shape index (κ3) is 4.35. The summed E-state index contributed by atoms with van der Waals surface area (Å²) in [6.07, 6.45) is -6.32. The molecule has 0 N–H and O–H groups in total. The third-order valence-corrected chi connectivity index (χ3v) is 9.61. The van der Waals surface area contributed by atoms with Gasteiger partial charge in [-0.2, -0.15) is 47.9 Å². The van der Waals surface area contributed by atoms with Gasteiger partial charge in [-0.25, -0.2) is 0 Å². The molecule has 1 aromatic carbocycles. The van der Waals surface area contributed by atoms with Crippen LogP contribution in [-0.2, 0) is 30.9 Å². The van der Waals surface area contributed by atoms with Crippen LogP contribution in [-0.4, -0.2) is 49.6 Å². The minimum atomic E-state index is -7.41. The van der Waals surface area contributed by atoms with Crippen LogP contribution in [0.25, 0.3) is 0 Å². The fraction of sp³-hybridized carbons (Fsp3) is 0.667. The monoisotopic (exact) mass is 610 g/mol. The maximum atomic E-state index is 14.1. The van der Waals surface area contributed by atoms with E-state index in [1.807, 2.05) is 0 Å². The molecule has 1 aromatic rings. The van der Waals surface area contributed by atoms with Crippen molar-refractivity contribution >= 4 is 21.9 Å². The summed E-state index contributed by atoms with van der Waals surface area (Å²) in [5.41, 5.74) is 0.00893. The van der Waals surface area contributed by atoms with Gasteiger partial charge in [-0.3, -0.25) is 9.59 Å². The lowest BCUT2D eigenvalue weighted by Crippen LogP contribution is -2.63. The predicted molar refractivity (Wildman–Crippen MR) is 117 cm³/mol. The maximum Gasteiger partial charge on any atom is 0.460 e. The zero-order valence-electron chi connectivity index (χ0n) is 20.8. The van der Waals surface area contributed by atoms with Gasteiger partial charge in [0, 0.05) is 24.7 Å². The molecule has 0 heterocycles. The topological polar surface area (TPSA) is 86.7 Å². The molecule has 0 bridgehead atoms. The quantitative estimate of drug-likeness (QED) is 0.231. The molecule has 40 heavy (non-hydrogen) atoms. The SMILES string of the molecule is CC(=O)O[C@@H]1C[C@]2(C)C(=O)CCC2C2CCc3cc(OS(=O)(=O)C(F)(F)C(F)(F)C(F)(F)C(F)(F)F)ccc3C21. The van der Waals surface area contributed by atoms with E-state index in [0.717, 1.165) is 12.1 Å². The van der Waals surface area contributed by atoms with Crippen LogP contribution in [0.5, 0.6) is 5.75 Å². The van der Waals surface area contributed by atoms with E-state index in [1.54, 1.807) is 6.92 Å². The second-order valence-electron chi connectivity index (χ2n) is 10.6. The molecule has 3 unspecified atom stereocenters. The molecular formula is C24H23F9O6S. The number of fused-ring (bicyclic) bond motifs is 5. The van der Waals surface area contributed by atoms with Gasteiger partial charge < -0.3 is 8.92 Å². The highest BCUT2D eigenvalue weighted by Crippen LogP contribution is 2.60. The number of benzene rings is 1. The minimum absolute atomic E-state index is 0.0293. The van der Waals surface area contributed by atoms with Crippen molar-refractivity contribution in [3.63, 3.8) is 0 Å². The molecule has 2 fully saturated rings. The van der Waals surface area contributed by atoms with Gasteiger partial charge in [0.25, 0.3) is 0 Å². The summed E-state index contributed by atoms with van der Waals surface area (Å²) in [4.78, 5) is 24.5. The minimum Gasteiger partial charge on any atom is -0.462 e. The average molecular weight is 610 g/mol. The van der Waals surface area contributed by atoms with Crippen LogP contribution >= 0.6 is 0 Å². The Balaban J connectivity index is 1.67. The summed E-state index contributed by atoms with van der Waals surface area (Å²) in [6.45, 7) is 2.97. The van der Waals surface area contributed by atoms with Gasteiger partial charge in [0.15, 0.2) is 0 Å². The lowest BCUT2D eigenvalue weighted by molar-refractivity contribution is -0.382. The Morgan fingerprint density at radius 1 is 0.975 bits per heavy atom. The van der Waals surface area contributed by atoms with E-state index < -0.39 is 62.5 Å². The number of alkyl halides is 9. The molecule has 0 spiro atoms. The highest BCUT2D eigenvalue weighted by molar-refractivity contribution is 7.88. The van der Waals surface area contributed by atoms with Crippen LogP contribution in [0.2, 0.25) is 0 Å². The molecule has 2 saturated carbocycles. The Labute approximate surface area is 222 Å². The van der Waals surface area contributed by atoms with Crippen molar-refractivity contribution in [2.75, 3.05) is 0 Å². The van der Waals surface area contributed by atoms with Crippen molar-refractivity contribution in [2.24, 2.45) is 17.3 Å². The summed E-state index contributed by atoms with van der Waals surface area (Å²) in [6, 6.07) is 2.83. The number of halogens is 9. The highest BCUT2D eigenvalue weighted by Gasteiger charge is 2.86. The number of aryl methyl sites for hydroxylation is 1. The molecule has 6 nitrogen and oxygen atoms in total. The number of rotatable bonds is 6. The number of esters is 1. The number of ether oxygens (including phenoxy) is 1. The van der Waals surface area contributed by atoms with Crippen molar-refractivity contribution in [3.05, 3.63) is 29.3 Å². The summed E-state index contributed by atoms with van der Waals surface area (Å²) in [5.74, 6) is -17.2. The van der Waals surface area contributed by atoms with Crippen molar-refractivity contribution < 1.29 is 66.4 Å². The Bertz CT molecular complexity index is 1330. The molecule has 0 amide bonds. The molecule has 3 aliphatic rings. The number of hydrogen-bond acceptors (Lipinski definition) is 6. The molecule has 0 saturated heterocycles. The molecule has 0 aromatic heterocycles. The largest absolute Gasteiger partial charge is 0.462 e. The Morgan fingerprint density at radius 3 is 2.17 bits per heavy atom. The zero-order chi connectivity index (χ0) is 30.3. The summed E-state index contributed by atoms with van der Waals surface area (Å²) in [7, 11) is -7.09. The van der Waals surface area contributed by atoms with Gasteiger partial charge in [0.2, 0.25) is 0 Å². The lowest BCUT2D eigenvalue weighted by atomic mass is 9.54. The van der Waals surface area contributed by atoms with E-state index in [9.17, 15) is 57.5 Å². The van der Waals surface area contributed by atoms with Crippen molar-refractivity contribution in [1.29, 1.82) is 0 Å². The number of ketones is 1. The number of hydrogen-bond donors (Lipinski definition) is 0. The van der Waals surface area contributed by atoms with E-state index in [4.69, 9.17) is 4.74 Å². The second-order valence-corrected chi connectivity index (χ2v) is 12.2. The van der Waals surface area contributed by atoms with E-state index in [2.05, 4.69) is 4.18 Å². The summed E-state index contributed by atoms with van der Waals surface area (Å²) < 4.78 is 153. The Morgan fingerprint density at radius 2 is 1.60 bits per heavy atom. The van der Waals surface area contributed by atoms with Gasteiger partial charge >= 0.3 is 39.4 Å². The molecule has 5 atom stereocenters. The standard InChI is InChI=1S/C24H23F9O6S/c1-11(34)38-17-10-20(2)16(7-8-18(20)35)15-5-3-12-9-13(4-6-14(12)19(15)17)39-40(36,37)24(32,33)22(27,28)21(25,26)23(29,30)31/h4,6,9,15-17,19H,3,5,7-8,10H2,1-2H3/t15?,16?,17-,19?,20+/m1/s1. The highest BCUT2D eigenvalue weighted by atomic mass is 32.2. The van der Waals surface area contributed by atoms with Crippen LogP contribution in [0.15, 0.2) is 18.2 Å². The predicted octanol–water partition coefficient (Wildman–Crippen LogP) is 5.79. The smallest absolute Gasteiger partial charge is 0.460 e. The molecule has 16 heteroatoms. The number of carbonyl (C=O) groups excluding carboxylic acids is 2. The molecule has 224 valence electrons. The molecule has 4 rings (SSSR count). The second kappa shape index (κ2) is 9.24. The van der Waals surface area contributed by atoms with Crippen molar-refractivity contribution in [3.8, 4) is 5.75 Å². The van der Waals surface area contributed by atoms with Crippen LogP contribution in [0, 0.1) is 17.3 Å². The van der Waals surface area contributed by atoms with Crippen LogP contribution in [0.1, 0.15) is 56.6 Å². The van der Waals surface area contributed by atoms with E-state index in [-0.39, 0.29) is 36.0 Å². The van der Waals surface area contributed by atoms with Crippen LogP contribution < -0.4 is 4.18 Å². The van der Waals surface area contributed by atoms with Gasteiger partial charge in [-0.1, -0.05) is 13.0 Å². The Hall–Kier alpha value is -2.52. The van der Waals surface area contributed by atoms with Crippen molar-refractivity contribution in [1.82, 2.24) is 0 Å².